The second-order valence-corrected chi connectivity index (χ2v) is 5.11. The molecule has 1 aromatic carbocycles. The summed E-state index contributed by atoms with van der Waals surface area (Å²) in [6.45, 7) is 4.94. The largest absolute Gasteiger partial charge is 0.378 e. The van der Waals surface area contributed by atoms with Gasteiger partial charge >= 0.3 is 0 Å². The highest BCUT2D eigenvalue weighted by molar-refractivity contribution is 5.76. The SMILES string of the molecule is Cc1ccccc1CN(C)C(=O)CC1COCCN1. The standard InChI is InChI=1S/C15H22N2O2/c1-12-5-3-4-6-13(12)10-17(2)15(18)9-14-11-19-8-7-16-14/h3-6,14,16H,7-11H2,1-2H3. The van der Waals surface area contributed by atoms with Crippen molar-refractivity contribution in [3.05, 3.63) is 35.4 Å². The summed E-state index contributed by atoms with van der Waals surface area (Å²) < 4.78 is 5.37. The number of ether oxygens (including phenoxy) is 1. The average Bonchev–Trinajstić information content (AvgIpc) is 2.42. The maximum absolute atomic E-state index is 12.2. The van der Waals surface area contributed by atoms with Gasteiger partial charge in [0.2, 0.25) is 5.91 Å². The van der Waals surface area contributed by atoms with Gasteiger partial charge in [0.25, 0.3) is 0 Å². The Morgan fingerprint density at radius 3 is 2.95 bits per heavy atom. The van der Waals surface area contributed by atoms with Crippen LogP contribution in [0.4, 0.5) is 0 Å². The summed E-state index contributed by atoms with van der Waals surface area (Å²) in [4.78, 5) is 13.9. The molecule has 4 nitrogen and oxygen atoms in total. The lowest BCUT2D eigenvalue weighted by molar-refractivity contribution is -0.131. The second-order valence-electron chi connectivity index (χ2n) is 5.11. The van der Waals surface area contributed by atoms with Crippen molar-refractivity contribution in [2.45, 2.75) is 25.9 Å². The molecule has 1 amide bonds. The van der Waals surface area contributed by atoms with Crippen molar-refractivity contribution >= 4 is 5.91 Å². The Morgan fingerprint density at radius 2 is 2.26 bits per heavy atom. The minimum atomic E-state index is 0.153. The van der Waals surface area contributed by atoms with Crippen LogP contribution < -0.4 is 5.32 Å². The number of rotatable bonds is 4. The monoisotopic (exact) mass is 262 g/mol. The molecule has 0 spiro atoms. The van der Waals surface area contributed by atoms with Gasteiger partial charge in [0, 0.05) is 32.6 Å². The molecule has 104 valence electrons. The van der Waals surface area contributed by atoms with Crippen LogP contribution >= 0.6 is 0 Å². The second kappa shape index (κ2) is 6.68. The number of carbonyl (C=O) groups is 1. The molecule has 1 saturated heterocycles. The first-order valence-corrected chi connectivity index (χ1v) is 6.76. The van der Waals surface area contributed by atoms with E-state index < -0.39 is 0 Å². The Kier molecular flexibility index (Phi) is 4.93. The smallest absolute Gasteiger partial charge is 0.224 e. The normalized spacial score (nSPS) is 19.2. The van der Waals surface area contributed by atoms with Gasteiger partial charge in [-0.05, 0) is 18.1 Å². The van der Waals surface area contributed by atoms with Crippen molar-refractivity contribution < 1.29 is 9.53 Å². The highest BCUT2D eigenvalue weighted by Crippen LogP contribution is 2.11. The summed E-state index contributed by atoms with van der Waals surface area (Å²) in [5.41, 5.74) is 2.42. The molecule has 1 aliphatic heterocycles. The number of morpholine rings is 1. The first-order chi connectivity index (χ1) is 9.16. The van der Waals surface area contributed by atoms with E-state index in [1.54, 1.807) is 4.90 Å². The highest BCUT2D eigenvalue weighted by atomic mass is 16.5. The zero-order chi connectivity index (χ0) is 13.7. The average molecular weight is 262 g/mol. The molecule has 1 aromatic rings. The van der Waals surface area contributed by atoms with E-state index >= 15 is 0 Å². The topological polar surface area (TPSA) is 41.6 Å². The molecule has 0 radical (unpaired) electrons. The fourth-order valence-corrected chi connectivity index (χ4v) is 2.25. The Balaban J connectivity index is 1.87. The summed E-state index contributed by atoms with van der Waals surface area (Å²) >= 11 is 0. The van der Waals surface area contributed by atoms with Crippen LogP contribution in [0.5, 0.6) is 0 Å². The molecule has 1 N–H and O–H groups in total. The van der Waals surface area contributed by atoms with Gasteiger partial charge in [-0.3, -0.25) is 4.79 Å². The van der Waals surface area contributed by atoms with E-state index in [0.29, 0.717) is 19.6 Å². The summed E-state index contributed by atoms with van der Waals surface area (Å²) in [6.07, 6.45) is 0.502. The predicted octanol–water partition coefficient (Wildman–Crippen LogP) is 1.33. The van der Waals surface area contributed by atoms with E-state index in [1.807, 2.05) is 19.2 Å². The lowest BCUT2D eigenvalue weighted by Crippen LogP contribution is -2.44. The zero-order valence-corrected chi connectivity index (χ0v) is 11.7. The van der Waals surface area contributed by atoms with Gasteiger partial charge in [-0.25, -0.2) is 0 Å². The molecule has 1 fully saturated rings. The third-order valence-corrected chi connectivity index (χ3v) is 3.51. The third kappa shape index (κ3) is 4.04. The van der Waals surface area contributed by atoms with E-state index in [0.717, 1.165) is 13.2 Å². The number of nitrogens with zero attached hydrogens (tertiary/aromatic N) is 1. The van der Waals surface area contributed by atoms with Crippen LogP contribution in [-0.2, 0) is 16.1 Å². The Hall–Kier alpha value is -1.39. The van der Waals surface area contributed by atoms with E-state index in [1.165, 1.54) is 11.1 Å². The van der Waals surface area contributed by atoms with Gasteiger partial charge in [0.15, 0.2) is 0 Å². The summed E-state index contributed by atoms with van der Waals surface area (Å²) in [6, 6.07) is 8.33. The number of hydrogen-bond donors (Lipinski definition) is 1. The fourth-order valence-electron chi connectivity index (χ4n) is 2.25. The molecule has 1 unspecified atom stereocenters. The molecular formula is C15H22N2O2. The molecule has 1 heterocycles. The molecule has 4 heteroatoms. The lowest BCUT2D eigenvalue weighted by Gasteiger charge is -2.26. The van der Waals surface area contributed by atoms with E-state index in [-0.39, 0.29) is 11.9 Å². The minimum absolute atomic E-state index is 0.153. The molecule has 0 aromatic heterocycles. The van der Waals surface area contributed by atoms with Crippen LogP contribution in [0, 0.1) is 6.92 Å². The molecule has 19 heavy (non-hydrogen) atoms. The van der Waals surface area contributed by atoms with Crippen LogP contribution in [0.3, 0.4) is 0 Å². The fraction of sp³-hybridized carbons (Fsp3) is 0.533. The van der Waals surface area contributed by atoms with Gasteiger partial charge in [-0.2, -0.15) is 0 Å². The Morgan fingerprint density at radius 1 is 1.47 bits per heavy atom. The van der Waals surface area contributed by atoms with Gasteiger partial charge in [0.1, 0.15) is 0 Å². The summed E-state index contributed by atoms with van der Waals surface area (Å²) in [5.74, 6) is 0.159. The van der Waals surface area contributed by atoms with Crippen molar-refractivity contribution in [1.29, 1.82) is 0 Å². The van der Waals surface area contributed by atoms with Crippen molar-refractivity contribution in [1.82, 2.24) is 10.2 Å². The molecule has 0 saturated carbocycles. The lowest BCUT2D eigenvalue weighted by atomic mass is 10.1. The van der Waals surface area contributed by atoms with E-state index in [4.69, 9.17) is 4.74 Å². The molecule has 1 atom stereocenters. The van der Waals surface area contributed by atoms with Crippen molar-refractivity contribution in [3.8, 4) is 0 Å². The maximum atomic E-state index is 12.2. The third-order valence-electron chi connectivity index (χ3n) is 3.51. The number of nitrogens with one attached hydrogen (secondary N) is 1. The van der Waals surface area contributed by atoms with Gasteiger partial charge in [0.05, 0.1) is 13.2 Å². The van der Waals surface area contributed by atoms with Crippen LogP contribution in [0.15, 0.2) is 24.3 Å². The van der Waals surface area contributed by atoms with Gasteiger partial charge < -0.3 is 15.0 Å². The van der Waals surface area contributed by atoms with Crippen LogP contribution in [-0.4, -0.2) is 43.7 Å². The predicted molar refractivity (Wildman–Crippen MR) is 74.9 cm³/mol. The van der Waals surface area contributed by atoms with Crippen molar-refractivity contribution in [3.63, 3.8) is 0 Å². The summed E-state index contributed by atoms with van der Waals surface area (Å²) in [5, 5.41) is 3.31. The first kappa shape index (κ1) is 14.0. The Labute approximate surface area is 114 Å². The van der Waals surface area contributed by atoms with Crippen LogP contribution in [0.2, 0.25) is 0 Å². The van der Waals surface area contributed by atoms with E-state index in [9.17, 15) is 4.79 Å². The van der Waals surface area contributed by atoms with Crippen LogP contribution in [0.1, 0.15) is 17.5 Å². The highest BCUT2D eigenvalue weighted by Gasteiger charge is 2.19. The zero-order valence-electron chi connectivity index (χ0n) is 11.7. The number of carbonyl (C=O) groups excluding carboxylic acids is 1. The molecular weight excluding hydrogens is 240 g/mol. The van der Waals surface area contributed by atoms with Crippen molar-refractivity contribution in [2.24, 2.45) is 0 Å². The molecule has 1 aliphatic rings. The number of benzene rings is 1. The van der Waals surface area contributed by atoms with Gasteiger partial charge in [-0.1, -0.05) is 24.3 Å². The first-order valence-electron chi connectivity index (χ1n) is 6.76. The number of aryl methyl sites for hydroxylation is 1. The van der Waals surface area contributed by atoms with E-state index in [2.05, 4.69) is 24.4 Å². The molecule has 0 aliphatic carbocycles. The minimum Gasteiger partial charge on any atom is -0.378 e. The summed E-state index contributed by atoms with van der Waals surface area (Å²) in [7, 11) is 1.86. The molecule has 0 bridgehead atoms. The quantitative estimate of drug-likeness (QED) is 0.890. The van der Waals surface area contributed by atoms with Crippen molar-refractivity contribution in [2.75, 3.05) is 26.8 Å². The van der Waals surface area contributed by atoms with Crippen LogP contribution in [0.25, 0.3) is 0 Å². The number of hydrogen-bond acceptors (Lipinski definition) is 3. The maximum Gasteiger partial charge on any atom is 0.224 e. The van der Waals surface area contributed by atoms with Gasteiger partial charge in [-0.15, -0.1) is 0 Å². The molecule has 2 rings (SSSR count). The Bertz CT molecular complexity index is 428. The number of amides is 1.